The summed E-state index contributed by atoms with van der Waals surface area (Å²) in [4.78, 5) is 36.5. The Bertz CT molecular complexity index is 517. The van der Waals surface area contributed by atoms with Gasteiger partial charge in [0.25, 0.3) is 0 Å². The molecule has 0 aromatic rings. The van der Waals surface area contributed by atoms with E-state index >= 15 is 0 Å². The molecule has 0 aliphatic carbocycles. The van der Waals surface area contributed by atoms with Crippen LogP contribution in [0.3, 0.4) is 0 Å². The van der Waals surface area contributed by atoms with Gasteiger partial charge in [-0.15, -0.1) is 24.0 Å². The Hall–Kier alpha value is -1.14. The molecule has 9 nitrogen and oxygen atoms in total. The minimum Gasteiger partial charge on any atom is -0.378 e. The molecule has 2 amide bonds. The predicted molar refractivity (Wildman–Crippen MR) is 120 cm³/mol. The quantitative estimate of drug-likeness (QED) is 0.296. The summed E-state index contributed by atoms with van der Waals surface area (Å²) in [5.74, 6) is 0.952. The molecule has 0 radical (unpaired) electrons. The van der Waals surface area contributed by atoms with E-state index in [2.05, 4.69) is 27.0 Å². The van der Waals surface area contributed by atoms with E-state index < -0.39 is 0 Å². The van der Waals surface area contributed by atoms with Crippen molar-refractivity contribution in [2.45, 2.75) is 13.3 Å². The standard InChI is InChI=1S/C18H34N6O3.HI/c1-4-5-19-18(20-14-16(25)21(2)3)24-8-6-22(7-9-24)15-17(26)23-10-12-27-13-11-23;/h4-15H2,1-3H3,(H,19,20);1H. The number of nitrogens with one attached hydrogen (secondary N) is 1. The van der Waals surface area contributed by atoms with Crippen molar-refractivity contribution in [2.24, 2.45) is 4.99 Å². The Labute approximate surface area is 185 Å². The first-order valence-electron chi connectivity index (χ1n) is 9.82. The van der Waals surface area contributed by atoms with Gasteiger partial charge < -0.3 is 24.8 Å². The van der Waals surface area contributed by atoms with E-state index in [0.29, 0.717) is 32.8 Å². The van der Waals surface area contributed by atoms with Gasteiger partial charge in [-0.1, -0.05) is 6.92 Å². The Kier molecular flexibility index (Phi) is 11.7. The first-order chi connectivity index (χ1) is 13.0. The van der Waals surface area contributed by atoms with E-state index in [9.17, 15) is 9.59 Å². The number of carbonyl (C=O) groups excluding carboxylic acids is 2. The number of hydrogen-bond donors (Lipinski definition) is 1. The van der Waals surface area contributed by atoms with Crippen molar-refractivity contribution in [3.63, 3.8) is 0 Å². The van der Waals surface area contributed by atoms with Crippen molar-refractivity contribution < 1.29 is 14.3 Å². The van der Waals surface area contributed by atoms with Gasteiger partial charge in [0, 0.05) is 59.9 Å². The van der Waals surface area contributed by atoms with Crippen molar-refractivity contribution in [2.75, 3.05) is 86.2 Å². The summed E-state index contributed by atoms with van der Waals surface area (Å²) >= 11 is 0. The molecule has 10 heteroatoms. The Morgan fingerprint density at radius 3 is 2.25 bits per heavy atom. The number of morpholine rings is 1. The van der Waals surface area contributed by atoms with Gasteiger partial charge in [0.15, 0.2) is 5.96 Å². The molecular formula is C18H35IN6O3. The smallest absolute Gasteiger partial charge is 0.243 e. The van der Waals surface area contributed by atoms with Gasteiger partial charge in [0.1, 0.15) is 6.54 Å². The van der Waals surface area contributed by atoms with Crippen LogP contribution in [0.1, 0.15) is 13.3 Å². The van der Waals surface area contributed by atoms with Crippen LogP contribution in [0.4, 0.5) is 0 Å². The molecule has 2 heterocycles. The Morgan fingerprint density at radius 1 is 1.04 bits per heavy atom. The molecule has 1 N–H and O–H groups in total. The van der Waals surface area contributed by atoms with Gasteiger partial charge in [-0.25, -0.2) is 4.99 Å². The molecule has 0 atom stereocenters. The second kappa shape index (κ2) is 13.2. The monoisotopic (exact) mass is 510 g/mol. The van der Waals surface area contributed by atoms with Crippen LogP contribution in [0.15, 0.2) is 4.99 Å². The van der Waals surface area contributed by atoms with E-state index in [1.807, 2.05) is 4.90 Å². The Morgan fingerprint density at radius 2 is 1.68 bits per heavy atom. The molecule has 2 saturated heterocycles. The van der Waals surface area contributed by atoms with Crippen LogP contribution in [0.25, 0.3) is 0 Å². The Balaban J connectivity index is 0.00000392. The molecule has 2 aliphatic heterocycles. The van der Waals surface area contributed by atoms with Gasteiger partial charge in [0.05, 0.1) is 19.8 Å². The highest BCUT2D eigenvalue weighted by Gasteiger charge is 2.24. The van der Waals surface area contributed by atoms with Crippen LogP contribution >= 0.6 is 24.0 Å². The van der Waals surface area contributed by atoms with Crippen LogP contribution in [-0.2, 0) is 14.3 Å². The van der Waals surface area contributed by atoms with Gasteiger partial charge >= 0.3 is 0 Å². The number of rotatable bonds is 6. The fraction of sp³-hybridized carbons (Fsp3) is 0.833. The summed E-state index contributed by atoms with van der Waals surface area (Å²) in [5, 5.41) is 3.34. The SMILES string of the molecule is CCCNC(=NCC(=O)N(C)C)N1CCN(CC(=O)N2CCOCC2)CC1.I. The van der Waals surface area contributed by atoms with Gasteiger partial charge in [-0.05, 0) is 6.42 Å². The maximum atomic E-state index is 12.4. The third-order valence-electron chi connectivity index (χ3n) is 4.79. The fourth-order valence-electron chi connectivity index (χ4n) is 3.01. The number of piperazine rings is 1. The maximum absolute atomic E-state index is 12.4. The number of likely N-dealkylation sites (N-methyl/N-ethyl adjacent to an activating group) is 1. The second-order valence-corrected chi connectivity index (χ2v) is 7.11. The van der Waals surface area contributed by atoms with Crippen LogP contribution < -0.4 is 5.32 Å². The normalized spacial score (nSPS) is 18.5. The number of nitrogens with zero attached hydrogens (tertiary/aromatic N) is 5. The van der Waals surface area contributed by atoms with E-state index in [1.165, 1.54) is 0 Å². The van der Waals surface area contributed by atoms with Crippen molar-refractivity contribution in [1.29, 1.82) is 0 Å². The highest BCUT2D eigenvalue weighted by Crippen LogP contribution is 2.05. The third-order valence-corrected chi connectivity index (χ3v) is 4.79. The van der Waals surface area contributed by atoms with E-state index in [1.54, 1.807) is 19.0 Å². The predicted octanol–water partition coefficient (Wildman–Crippen LogP) is -0.475. The molecular weight excluding hydrogens is 475 g/mol. The van der Waals surface area contributed by atoms with Crippen molar-refractivity contribution in [1.82, 2.24) is 24.9 Å². The van der Waals surface area contributed by atoms with Crippen LogP contribution in [0.2, 0.25) is 0 Å². The molecule has 28 heavy (non-hydrogen) atoms. The van der Waals surface area contributed by atoms with E-state index in [-0.39, 0.29) is 42.3 Å². The second-order valence-electron chi connectivity index (χ2n) is 7.11. The molecule has 0 aromatic carbocycles. The number of aliphatic imine (C=N–C) groups is 1. The lowest BCUT2D eigenvalue weighted by atomic mass is 10.3. The zero-order valence-corrected chi connectivity index (χ0v) is 19.7. The minimum atomic E-state index is -0.0134. The summed E-state index contributed by atoms with van der Waals surface area (Å²) in [6.45, 7) is 9.39. The molecule has 0 aromatic heterocycles. The first-order valence-corrected chi connectivity index (χ1v) is 9.82. The number of halogens is 1. The van der Waals surface area contributed by atoms with Crippen LogP contribution in [0, 0.1) is 0 Å². The molecule has 2 aliphatic rings. The summed E-state index contributed by atoms with van der Waals surface area (Å²) in [6.07, 6.45) is 0.995. The topological polar surface area (TPSA) is 80.7 Å². The molecule has 0 bridgehead atoms. The third kappa shape index (κ3) is 8.08. The average Bonchev–Trinajstić information content (AvgIpc) is 2.69. The number of hydrogen-bond acceptors (Lipinski definition) is 5. The molecule has 0 unspecified atom stereocenters. The number of ether oxygens (including phenoxy) is 1. The summed E-state index contributed by atoms with van der Waals surface area (Å²) < 4.78 is 5.31. The largest absolute Gasteiger partial charge is 0.378 e. The lowest BCUT2D eigenvalue weighted by Crippen LogP contribution is -2.55. The summed E-state index contributed by atoms with van der Waals surface area (Å²) in [7, 11) is 3.47. The number of guanidine groups is 1. The lowest BCUT2D eigenvalue weighted by Gasteiger charge is -2.37. The fourth-order valence-corrected chi connectivity index (χ4v) is 3.01. The average molecular weight is 510 g/mol. The highest BCUT2D eigenvalue weighted by molar-refractivity contribution is 14.0. The van der Waals surface area contributed by atoms with Gasteiger partial charge in [-0.2, -0.15) is 0 Å². The number of amides is 2. The first kappa shape index (κ1) is 24.9. The highest BCUT2D eigenvalue weighted by atomic mass is 127. The molecule has 2 rings (SSSR count). The van der Waals surface area contributed by atoms with Crippen LogP contribution in [0.5, 0.6) is 0 Å². The van der Waals surface area contributed by atoms with Gasteiger partial charge in [-0.3, -0.25) is 14.5 Å². The van der Waals surface area contributed by atoms with E-state index in [0.717, 1.165) is 45.1 Å². The van der Waals surface area contributed by atoms with Gasteiger partial charge in [0.2, 0.25) is 11.8 Å². The maximum Gasteiger partial charge on any atom is 0.243 e. The number of carbonyl (C=O) groups is 2. The van der Waals surface area contributed by atoms with Crippen molar-refractivity contribution in [3.8, 4) is 0 Å². The molecule has 0 saturated carbocycles. The zero-order valence-electron chi connectivity index (χ0n) is 17.4. The van der Waals surface area contributed by atoms with Crippen molar-refractivity contribution in [3.05, 3.63) is 0 Å². The molecule has 0 spiro atoms. The van der Waals surface area contributed by atoms with Crippen LogP contribution in [-0.4, -0.2) is 124 Å². The summed E-state index contributed by atoms with van der Waals surface area (Å²) in [6, 6.07) is 0. The van der Waals surface area contributed by atoms with Crippen molar-refractivity contribution >= 4 is 41.8 Å². The van der Waals surface area contributed by atoms with E-state index in [4.69, 9.17) is 4.74 Å². The molecule has 2 fully saturated rings. The zero-order chi connectivity index (χ0) is 19.6. The molecule has 162 valence electrons. The lowest BCUT2D eigenvalue weighted by molar-refractivity contribution is -0.136. The minimum absolute atomic E-state index is 0. The summed E-state index contributed by atoms with van der Waals surface area (Å²) in [5.41, 5.74) is 0.